The van der Waals surface area contributed by atoms with Crippen molar-refractivity contribution in [3.8, 4) is 11.5 Å². The SMILES string of the molecule is COc1cc2c(=O)n(C)c(=O)n(CCS)c2cc1OC. The molecular weight excluding hydrogens is 280 g/mol. The first-order chi connectivity index (χ1) is 9.54. The van der Waals surface area contributed by atoms with Crippen LogP contribution in [0.1, 0.15) is 0 Å². The summed E-state index contributed by atoms with van der Waals surface area (Å²) in [5.74, 6) is 1.41. The van der Waals surface area contributed by atoms with Gasteiger partial charge in [0.15, 0.2) is 11.5 Å². The van der Waals surface area contributed by atoms with Crippen LogP contribution in [-0.4, -0.2) is 29.1 Å². The quantitative estimate of drug-likeness (QED) is 0.841. The van der Waals surface area contributed by atoms with Crippen molar-refractivity contribution in [3.63, 3.8) is 0 Å². The van der Waals surface area contributed by atoms with Crippen LogP contribution in [-0.2, 0) is 13.6 Å². The number of rotatable bonds is 4. The van der Waals surface area contributed by atoms with Crippen molar-refractivity contribution in [2.24, 2.45) is 7.05 Å². The van der Waals surface area contributed by atoms with Gasteiger partial charge in [-0.1, -0.05) is 0 Å². The zero-order valence-corrected chi connectivity index (χ0v) is 12.4. The Bertz CT molecular complexity index is 764. The Morgan fingerprint density at radius 3 is 2.30 bits per heavy atom. The number of ether oxygens (including phenoxy) is 2. The third-order valence-electron chi connectivity index (χ3n) is 3.17. The molecule has 7 heteroatoms. The van der Waals surface area contributed by atoms with Crippen LogP contribution >= 0.6 is 12.6 Å². The highest BCUT2D eigenvalue weighted by atomic mass is 32.1. The van der Waals surface area contributed by atoms with Gasteiger partial charge in [0.05, 0.1) is 25.1 Å². The molecule has 0 N–H and O–H groups in total. The van der Waals surface area contributed by atoms with Gasteiger partial charge >= 0.3 is 5.69 Å². The minimum Gasteiger partial charge on any atom is -0.493 e. The molecule has 6 nitrogen and oxygen atoms in total. The zero-order chi connectivity index (χ0) is 14.9. The first-order valence-corrected chi connectivity index (χ1v) is 6.64. The van der Waals surface area contributed by atoms with Gasteiger partial charge in [-0.25, -0.2) is 4.79 Å². The highest BCUT2D eigenvalue weighted by Crippen LogP contribution is 2.30. The molecule has 2 aromatic rings. The van der Waals surface area contributed by atoms with E-state index in [1.54, 1.807) is 12.1 Å². The number of hydrogen-bond acceptors (Lipinski definition) is 5. The van der Waals surface area contributed by atoms with E-state index in [1.165, 1.54) is 25.8 Å². The van der Waals surface area contributed by atoms with Crippen LogP contribution < -0.4 is 20.7 Å². The van der Waals surface area contributed by atoms with Crippen molar-refractivity contribution in [1.29, 1.82) is 0 Å². The topological polar surface area (TPSA) is 62.5 Å². The minimum atomic E-state index is -0.372. The molecule has 0 aliphatic carbocycles. The van der Waals surface area contributed by atoms with E-state index in [1.807, 2.05) is 0 Å². The van der Waals surface area contributed by atoms with Crippen LogP contribution in [0.4, 0.5) is 0 Å². The zero-order valence-electron chi connectivity index (χ0n) is 11.5. The van der Waals surface area contributed by atoms with Gasteiger partial charge in [-0.15, -0.1) is 0 Å². The molecule has 0 saturated heterocycles. The monoisotopic (exact) mass is 296 g/mol. The van der Waals surface area contributed by atoms with Gasteiger partial charge in [0.25, 0.3) is 5.56 Å². The first-order valence-electron chi connectivity index (χ1n) is 6.01. The molecule has 0 fully saturated rings. The van der Waals surface area contributed by atoms with Crippen LogP contribution in [0.5, 0.6) is 11.5 Å². The van der Waals surface area contributed by atoms with E-state index in [4.69, 9.17) is 9.47 Å². The lowest BCUT2D eigenvalue weighted by atomic mass is 10.2. The average Bonchev–Trinajstić information content (AvgIpc) is 2.48. The van der Waals surface area contributed by atoms with Crippen molar-refractivity contribution in [2.45, 2.75) is 6.54 Å². The Morgan fingerprint density at radius 1 is 1.15 bits per heavy atom. The molecule has 20 heavy (non-hydrogen) atoms. The normalized spacial score (nSPS) is 10.8. The standard InChI is InChI=1S/C13H16N2O4S/c1-14-12(16)8-6-10(18-2)11(19-3)7-9(8)15(4-5-20)13(14)17/h6-7,20H,4-5H2,1-3H3. The maximum absolute atomic E-state index is 12.2. The summed E-state index contributed by atoms with van der Waals surface area (Å²) in [5, 5.41) is 0.409. The highest BCUT2D eigenvalue weighted by molar-refractivity contribution is 7.80. The van der Waals surface area contributed by atoms with Crippen LogP contribution in [0.2, 0.25) is 0 Å². The van der Waals surface area contributed by atoms with Crippen LogP contribution in [0.25, 0.3) is 10.9 Å². The Kier molecular flexibility index (Phi) is 4.08. The van der Waals surface area contributed by atoms with Gasteiger partial charge < -0.3 is 9.47 Å². The van der Waals surface area contributed by atoms with E-state index in [2.05, 4.69) is 12.6 Å². The van der Waals surface area contributed by atoms with Gasteiger partial charge in [-0.05, 0) is 6.07 Å². The second-order valence-electron chi connectivity index (χ2n) is 4.25. The van der Waals surface area contributed by atoms with Gasteiger partial charge in [0.1, 0.15) is 0 Å². The van der Waals surface area contributed by atoms with E-state index < -0.39 is 0 Å². The molecule has 0 spiro atoms. The molecule has 0 atom stereocenters. The maximum Gasteiger partial charge on any atom is 0.331 e. The summed E-state index contributed by atoms with van der Waals surface area (Å²) in [6.45, 7) is 0.405. The molecule has 0 amide bonds. The number of nitrogens with zero attached hydrogens (tertiary/aromatic N) is 2. The fraction of sp³-hybridized carbons (Fsp3) is 0.385. The minimum absolute atomic E-state index is 0.360. The fourth-order valence-electron chi connectivity index (χ4n) is 2.13. The number of aromatic nitrogens is 2. The Morgan fingerprint density at radius 2 is 1.75 bits per heavy atom. The Labute approximate surface area is 121 Å². The highest BCUT2D eigenvalue weighted by Gasteiger charge is 2.14. The summed E-state index contributed by atoms with van der Waals surface area (Å²) in [5.41, 5.74) is -0.213. The lowest BCUT2D eigenvalue weighted by Gasteiger charge is -2.14. The molecule has 0 saturated carbocycles. The van der Waals surface area contributed by atoms with Crippen LogP contribution in [0, 0.1) is 0 Å². The molecule has 0 bridgehead atoms. The van der Waals surface area contributed by atoms with Gasteiger partial charge in [0.2, 0.25) is 0 Å². The van der Waals surface area contributed by atoms with Gasteiger partial charge in [-0.2, -0.15) is 12.6 Å². The van der Waals surface area contributed by atoms with Gasteiger partial charge in [-0.3, -0.25) is 13.9 Å². The molecular formula is C13H16N2O4S. The molecule has 1 heterocycles. The lowest BCUT2D eigenvalue weighted by Crippen LogP contribution is -2.38. The van der Waals surface area contributed by atoms with Crippen molar-refractivity contribution in [2.75, 3.05) is 20.0 Å². The third kappa shape index (κ3) is 2.18. The second-order valence-corrected chi connectivity index (χ2v) is 4.69. The number of thiol groups is 1. The molecule has 108 valence electrons. The smallest absolute Gasteiger partial charge is 0.331 e. The van der Waals surface area contributed by atoms with Crippen molar-refractivity contribution in [3.05, 3.63) is 33.0 Å². The number of hydrogen-bond donors (Lipinski definition) is 1. The lowest BCUT2D eigenvalue weighted by molar-refractivity contribution is 0.355. The molecule has 1 aromatic carbocycles. The summed E-state index contributed by atoms with van der Waals surface area (Å²) < 4.78 is 13.0. The van der Waals surface area contributed by atoms with Crippen molar-refractivity contribution in [1.82, 2.24) is 9.13 Å². The molecule has 0 aliphatic rings. The predicted octanol–water partition coefficient (Wildman–Crippen LogP) is 0.647. The number of aryl methyl sites for hydroxylation is 1. The van der Waals surface area contributed by atoms with E-state index in [9.17, 15) is 9.59 Å². The molecule has 0 aliphatic heterocycles. The number of fused-ring (bicyclic) bond motifs is 1. The predicted molar refractivity (Wildman–Crippen MR) is 80.4 cm³/mol. The van der Waals surface area contributed by atoms with E-state index in [0.717, 1.165) is 4.57 Å². The first kappa shape index (κ1) is 14.5. The second kappa shape index (κ2) is 5.62. The maximum atomic E-state index is 12.2. The van der Waals surface area contributed by atoms with Crippen molar-refractivity contribution < 1.29 is 9.47 Å². The largest absolute Gasteiger partial charge is 0.493 e. The third-order valence-corrected chi connectivity index (χ3v) is 3.37. The molecule has 0 radical (unpaired) electrons. The Balaban J connectivity index is 2.97. The number of methoxy groups -OCH3 is 2. The molecule has 0 unspecified atom stereocenters. The molecule has 1 aromatic heterocycles. The molecule has 2 rings (SSSR count). The summed E-state index contributed by atoms with van der Waals surface area (Å²) in [6, 6.07) is 3.23. The summed E-state index contributed by atoms with van der Waals surface area (Å²) in [7, 11) is 4.46. The number of benzene rings is 1. The van der Waals surface area contributed by atoms with E-state index in [-0.39, 0.29) is 11.2 Å². The summed E-state index contributed by atoms with van der Waals surface area (Å²) in [4.78, 5) is 24.4. The van der Waals surface area contributed by atoms with Crippen LogP contribution in [0.3, 0.4) is 0 Å². The summed E-state index contributed by atoms with van der Waals surface area (Å²) in [6.07, 6.45) is 0. The van der Waals surface area contributed by atoms with Gasteiger partial charge in [0, 0.05) is 25.4 Å². The average molecular weight is 296 g/mol. The van der Waals surface area contributed by atoms with Crippen molar-refractivity contribution >= 4 is 23.5 Å². The van der Waals surface area contributed by atoms with Crippen LogP contribution in [0.15, 0.2) is 21.7 Å². The van der Waals surface area contributed by atoms with E-state index in [0.29, 0.717) is 34.7 Å². The Hall–Kier alpha value is -1.89. The summed E-state index contributed by atoms with van der Waals surface area (Å²) >= 11 is 4.15. The van der Waals surface area contributed by atoms with E-state index >= 15 is 0 Å². The fourth-order valence-corrected chi connectivity index (χ4v) is 2.33.